The quantitative estimate of drug-likeness (QED) is 0.805. The van der Waals surface area contributed by atoms with E-state index in [-0.39, 0.29) is 17.6 Å². The number of amides is 2. The number of aromatic carboxylic acids is 1. The number of anilines is 2. The van der Waals surface area contributed by atoms with E-state index in [0.717, 1.165) is 5.69 Å². The normalized spacial score (nSPS) is 14.1. The second-order valence-corrected chi connectivity index (χ2v) is 6.01. The SMILES string of the molecule is CCCC(=O)Nc1ccc(N2CCN(C(=O)OCC)CC2)cc1C(=O)O. The largest absolute Gasteiger partial charge is 0.478 e. The molecule has 1 saturated heterocycles. The standard InChI is InChI=1S/C18H25N3O5/c1-3-5-16(22)19-15-7-6-13(12-14(15)17(23)24)20-8-10-21(11-9-20)18(25)26-4-2/h6-7,12H,3-5,8-11H2,1-2H3,(H,19,22)(H,23,24). The molecule has 0 aromatic heterocycles. The second-order valence-electron chi connectivity index (χ2n) is 6.01. The molecule has 26 heavy (non-hydrogen) atoms. The fourth-order valence-electron chi connectivity index (χ4n) is 2.82. The van der Waals surface area contributed by atoms with E-state index < -0.39 is 5.97 Å². The molecule has 2 N–H and O–H groups in total. The van der Waals surface area contributed by atoms with E-state index in [1.807, 2.05) is 11.8 Å². The smallest absolute Gasteiger partial charge is 0.409 e. The summed E-state index contributed by atoms with van der Waals surface area (Å²) in [7, 11) is 0. The number of carbonyl (C=O) groups excluding carboxylic acids is 2. The van der Waals surface area contributed by atoms with Gasteiger partial charge in [0, 0.05) is 38.3 Å². The van der Waals surface area contributed by atoms with Crippen LogP contribution in [0.25, 0.3) is 0 Å². The van der Waals surface area contributed by atoms with Crippen LogP contribution in [0.2, 0.25) is 0 Å². The lowest BCUT2D eigenvalue weighted by Gasteiger charge is -2.35. The van der Waals surface area contributed by atoms with Gasteiger partial charge in [-0.2, -0.15) is 0 Å². The monoisotopic (exact) mass is 363 g/mol. The Balaban J connectivity index is 2.09. The van der Waals surface area contributed by atoms with Crippen LogP contribution < -0.4 is 10.2 Å². The molecule has 8 heteroatoms. The molecular weight excluding hydrogens is 338 g/mol. The summed E-state index contributed by atoms with van der Waals surface area (Å²) < 4.78 is 5.00. The van der Waals surface area contributed by atoms with Gasteiger partial charge in [-0.15, -0.1) is 0 Å². The average Bonchev–Trinajstić information content (AvgIpc) is 2.62. The van der Waals surface area contributed by atoms with Crippen LogP contribution in [0.15, 0.2) is 18.2 Å². The Kier molecular flexibility index (Phi) is 6.82. The van der Waals surface area contributed by atoms with Gasteiger partial charge in [-0.25, -0.2) is 9.59 Å². The van der Waals surface area contributed by atoms with Crippen LogP contribution in [-0.4, -0.2) is 60.8 Å². The van der Waals surface area contributed by atoms with Crippen LogP contribution in [0.3, 0.4) is 0 Å². The Morgan fingerprint density at radius 2 is 1.85 bits per heavy atom. The van der Waals surface area contributed by atoms with E-state index >= 15 is 0 Å². The van der Waals surface area contributed by atoms with Gasteiger partial charge in [0.25, 0.3) is 0 Å². The molecule has 0 radical (unpaired) electrons. The maximum Gasteiger partial charge on any atom is 0.409 e. The molecule has 0 atom stereocenters. The number of piperazine rings is 1. The molecule has 1 aromatic rings. The molecule has 0 unspecified atom stereocenters. The molecule has 2 rings (SSSR count). The van der Waals surface area contributed by atoms with E-state index in [0.29, 0.717) is 51.3 Å². The van der Waals surface area contributed by atoms with Crippen molar-refractivity contribution < 1.29 is 24.2 Å². The zero-order chi connectivity index (χ0) is 19.1. The number of hydrogen-bond donors (Lipinski definition) is 2. The van der Waals surface area contributed by atoms with Crippen molar-refractivity contribution in [2.24, 2.45) is 0 Å². The van der Waals surface area contributed by atoms with Gasteiger partial charge in [0.2, 0.25) is 5.91 Å². The molecule has 0 bridgehead atoms. The number of carboxylic acid groups (broad SMARTS) is 1. The van der Waals surface area contributed by atoms with Crippen molar-refractivity contribution in [1.29, 1.82) is 0 Å². The highest BCUT2D eigenvalue weighted by Gasteiger charge is 2.23. The lowest BCUT2D eigenvalue weighted by atomic mass is 10.1. The van der Waals surface area contributed by atoms with Crippen molar-refractivity contribution in [1.82, 2.24) is 4.90 Å². The number of nitrogens with one attached hydrogen (secondary N) is 1. The second kappa shape index (κ2) is 9.07. The van der Waals surface area contributed by atoms with Crippen molar-refractivity contribution in [3.05, 3.63) is 23.8 Å². The van der Waals surface area contributed by atoms with E-state index in [1.54, 1.807) is 30.0 Å². The van der Waals surface area contributed by atoms with Gasteiger partial charge in [0.15, 0.2) is 0 Å². The number of carbonyl (C=O) groups is 3. The molecule has 1 aliphatic heterocycles. The van der Waals surface area contributed by atoms with Crippen molar-refractivity contribution >= 4 is 29.3 Å². The minimum absolute atomic E-state index is 0.0553. The summed E-state index contributed by atoms with van der Waals surface area (Å²) in [6.45, 7) is 6.18. The maximum atomic E-state index is 11.8. The lowest BCUT2D eigenvalue weighted by molar-refractivity contribution is -0.116. The summed E-state index contributed by atoms with van der Waals surface area (Å²) in [6.07, 6.45) is 0.709. The van der Waals surface area contributed by atoms with Crippen molar-refractivity contribution in [2.75, 3.05) is 43.0 Å². The highest BCUT2D eigenvalue weighted by atomic mass is 16.6. The number of nitrogens with zero attached hydrogens (tertiary/aromatic N) is 2. The van der Waals surface area contributed by atoms with Crippen LogP contribution >= 0.6 is 0 Å². The highest BCUT2D eigenvalue weighted by molar-refractivity contribution is 6.01. The summed E-state index contributed by atoms with van der Waals surface area (Å²) in [6, 6.07) is 4.96. The van der Waals surface area contributed by atoms with E-state index in [4.69, 9.17) is 4.74 Å². The van der Waals surface area contributed by atoms with Gasteiger partial charge in [-0.05, 0) is 31.5 Å². The van der Waals surface area contributed by atoms with Gasteiger partial charge < -0.3 is 25.0 Å². The first kappa shape index (κ1) is 19.6. The molecule has 2 amide bonds. The van der Waals surface area contributed by atoms with Gasteiger partial charge >= 0.3 is 12.1 Å². The Labute approximate surface area is 152 Å². The molecule has 1 fully saturated rings. The summed E-state index contributed by atoms with van der Waals surface area (Å²) in [5.41, 5.74) is 1.10. The molecule has 1 aliphatic rings. The van der Waals surface area contributed by atoms with Crippen molar-refractivity contribution in [3.63, 3.8) is 0 Å². The Bertz CT molecular complexity index is 669. The third-order valence-electron chi connectivity index (χ3n) is 4.16. The lowest BCUT2D eigenvalue weighted by Crippen LogP contribution is -2.49. The minimum Gasteiger partial charge on any atom is -0.478 e. The Morgan fingerprint density at radius 1 is 1.15 bits per heavy atom. The van der Waals surface area contributed by atoms with E-state index in [2.05, 4.69) is 5.32 Å². The number of carboxylic acids is 1. The molecule has 0 saturated carbocycles. The third kappa shape index (κ3) is 4.87. The van der Waals surface area contributed by atoms with E-state index in [9.17, 15) is 19.5 Å². The van der Waals surface area contributed by atoms with Gasteiger partial charge in [0.05, 0.1) is 17.9 Å². The van der Waals surface area contributed by atoms with Gasteiger partial charge in [-0.1, -0.05) is 6.92 Å². The number of hydrogen-bond acceptors (Lipinski definition) is 5. The number of benzene rings is 1. The van der Waals surface area contributed by atoms with Gasteiger partial charge in [0.1, 0.15) is 0 Å². The number of ether oxygens (including phenoxy) is 1. The molecule has 8 nitrogen and oxygen atoms in total. The predicted molar refractivity (Wildman–Crippen MR) is 97.7 cm³/mol. The molecule has 0 aliphatic carbocycles. The zero-order valence-corrected chi connectivity index (χ0v) is 15.2. The van der Waals surface area contributed by atoms with Crippen LogP contribution in [-0.2, 0) is 9.53 Å². The third-order valence-corrected chi connectivity index (χ3v) is 4.16. The van der Waals surface area contributed by atoms with Crippen LogP contribution in [0, 0.1) is 0 Å². The van der Waals surface area contributed by atoms with Crippen LogP contribution in [0.1, 0.15) is 37.0 Å². The Morgan fingerprint density at radius 3 is 2.42 bits per heavy atom. The fraction of sp³-hybridized carbons (Fsp3) is 0.500. The van der Waals surface area contributed by atoms with Crippen molar-refractivity contribution in [3.8, 4) is 0 Å². The first-order valence-corrected chi connectivity index (χ1v) is 8.80. The van der Waals surface area contributed by atoms with Crippen LogP contribution in [0.5, 0.6) is 0 Å². The molecule has 1 heterocycles. The molecular formula is C18H25N3O5. The van der Waals surface area contributed by atoms with Gasteiger partial charge in [-0.3, -0.25) is 4.79 Å². The topological polar surface area (TPSA) is 99.2 Å². The number of rotatable bonds is 6. The predicted octanol–water partition coefficient (Wildman–Crippen LogP) is 2.40. The summed E-state index contributed by atoms with van der Waals surface area (Å²) in [5, 5.41) is 12.1. The maximum absolute atomic E-state index is 11.8. The van der Waals surface area contributed by atoms with Crippen LogP contribution in [0.4, 0.5) is 16.2 Å². The summed E-state index contributed by atoms with van der Waals surface area (Å²) in [5.74, 6) is -1.30. The minimum atomic E-state index is -1.09. The van der Waals surface area contributed by atoms with E-state index in [1.165, 1.54) is 0 Å². The Hall–Kier alpha value is -2.77. The molecule has 1 aromatic carbocycles. The summed E-state index contributed by atoms with van der Waals surface area (Å²) in [4.78, 5) is 38.7. The van der Waals surface area contributed by atoms with Crippen molar-refractivity contribution in [2.45, 2.75) is 26.7 Å². The highest BCUT2D eigenvalue weighted by Crippen LogP contribution is 2.25. The average molecular weight is 363 g/mol. The molecule has 0 spiro atoms. The fourth-order valence-corrected chi connectivity index (χ4v) is 2.82. The molecule has 142 valence electrons. The zero-order valence-electron chi connectivity index (χ0n) is 15.2. The first-order valence-electron chi connectivity index (χ1n) is 8.80. The summed E-state index contributed by atoms with van der Waals surface area (Å²) >= 11 is 0. The first-order chi connectivity index (χ1) is 12.5.